The standard InChI is InChI=1S/C60H95N7O30S/c1-29(44(78)24-68)53(89)41(75)21-62-48(82)13-10-37(40(74)19-34(27-98)60(96)97)67-59(95)33(7-15-52(87)88)18-39(73)36(9-12-49(83)64-23-43(77)55(91)57(93)46(80)26-70)66-58(94)32(6-14-51(85)86)17-38(72)35(65-50(84)16-30-2-4-31(5-3-30)20-61-28-71)8-11-47(81)63-22-42(76)54(90)56(92)45(79)25-69/h2-5,28-29,32-37,41-46,53-57,68-70,75-80,89-93,98H,6-27H2,1H3,(H,61,71)(H,62,82)(H,63,81)(H,64,83)(H,65,84)(H,66,94)(H,67,95)(H,85,86)(H,87,88)(H,96,97)/t29-,32+,33+,34-,35+,36+,37+,41+,42+,43+,44-,45-,46-,53+,54-,55-,56-,57-/m1/s1. The minimum absolute atomic E-state index is 0.127. The number of benzene rings is 1. The van der Waals surface area contributed by atoms with Crippen molar-refractivity contribution in [3.63, 3.8) is 0 Å². The minimum atomic E-state index is -2.17. The number of Topliss-reactive ketones (excluding diaryl/α,β-unsaturated/α-hetero) is 3. The number of hydrogen-bond acceptors (Lipinski definition) is 28. The summed E-state index contributed by atoms with van der Waals surface area (Å²) in [6, 6.07) is 0.694. The second-order valence-electron chi connectivity index (χ2n) is 23.5. The topological polar surface area (TPSA) is 650 Å². The molecule has 37 nitrogen and oxygen atoms in total. The summed E-state index contributed by atoms with van der Waals surface area (Å²) in [5.41, 5.74) is 0.992. The number of aliphatic carboxylic acids is 3. The molecule has 7 amide bonds. The summed E-state index contributed by atoms with van der Waals surface area (Å²) < 4.78 is 0. The summed E-state index contributed by atoms with van der Waals surface area (Å²) >= 11 is 3.96. The zero-order chi connectivity index (χ0) is 74.5. The molecule has 0 saturated carbocycles. The summed E-state index contributed by atoms with van der Waals surface area (Å²) in [5, 5.41) is 184. The Bertz CT molecular complexity index is 2740. The molecule has 98 heavy (non-hydrogen) atoms. The van der Waals surface area contributed by atoms with Gasteiger partial charge in [0.25, 0.3) is 0 Å². The number of nitrogens with one attached hydrogen (secondary N) is 7. The van der Waals surface area contributed by atoms with Gasteiger partial charge < -0.3 is 124 Å². The fraction of sp³-hybridized carbons (Fsp3) is 0.683. The number of carboxylic acids is 3. The number of carbonyl (C=O) groups is 13. The number of thiol groups is 1. The Kier molecular flexibility index (Phi) is 42.5. The molecule has 0 aliphatic heterocycles. The van der Waals surface area contributed by atoms with Gasteiger partial charge in [0.1, 0.15) is 36.6 Å². The van der Waals surface area contributed by atoms with Gasteiger partial charge in [-0.1, -0.05) is 31.2 Å². The van der Waals surface area contributed by atoms with E-state index in [-0.39, 0.29) is 6.54 Å². The molecule has 0 unspecified atom stereocenters. The molecule has 0 spiro atoms. The number of carbonyl (C=O) groups excluding carboxylic acids is 10. The molecular weight excluding hydrogens is 1330 g/mol. The van der Waals surface area contributed by atoms with Crippen molar-refractivity contribution in [3.05, 3.63) is 35.4 Å². The van der Waals surface area contributed by atoms with Gasteiger partial charge in [0.15, 0.2) is 17.3 Å². The summed E-state index contributed by atoms with van der Waals surface area (Å²) in [5.74, 6) is -20.7. The van der Waals surface area contributed by atoms with E-state index in [1.54, 1.807) is 12.1 Å². The van der Waals surface area contributed by atoms with Crippen LogP contribution in [0.5, 0.6) is 0 Å². The summed E-state index contributed by atoms with van der Waals surface area (Å²) in [4.78, 5) is 172. The Morgan fingerprint density at radius 3 is 1.10 bits per heavy atom. The Balaban J connectivity index is 3.89. The summed E-state index contributed by atoms with van der Waals surface area (Å²) in [7, 11) is 0. The number of carboxylic acid groups (broad SMARTS) is 3. The first-order valence-electron chi connectivity index (χ1n) is 31.2. The van der Waals surface area contributed by atoms with E-state index in [1.807, 2.05) is 0 Å². The van der Waals surface area contributed by atoms with Crippen molar-refractivity contribution >= 4 is 89.7 Å². The van der Waals surface area contributed by atoms with Gasteiger partial charge in [-0.05, 0) is 43.2 Å². The molecule has 1 rings (SSSR count). The zero-order valence-electron chi connectivity index (χ0n) is 53.7. The van der Waals surface area contributed by atoms with Crippen molar-refractivity contribution in [2.24, 2.45) is 23.7 Å². The van der Waals surface area contributed by atoms with E-state index in [2.05, 4.69) is 49.8 Å². The van der Waals surface area contributed by atoms with Crippen molar-refractivity contribution in [2.45, 2.75) is 189 Å². The van der Waals surface area contributed by atoms with E-state index < -0.39 is 315 Å². The van der Waals surface area contributed by atoms with Crippen molar-refractivity contribution < 1.29 is 149 Å². The number of ketones is 3. The number of hydrogen-bond donors (Lipinski definition) is 25. The Labute approximate surface area is 567 Å². The van der Waals surface area contributed by atoms with Crippen LogP contribution in [0.15, 0.2) is 24.3 Å². The van der Waals surface area contributed by atoms with Crippen LogP contribution in [0, 0.1) is 23.7 Å². The van der Waals surface area contributed by atoms with Crippen molar-refractivity contribution in [1.29, 1.82) is 0 Å². The van der Waals surface area contributed by atoms with Crippen LogP contribution < -0.4 is 37.2 Å². The maximum Gasteiger partial charge on any atom is 0.307 e. The van der Waals surface area contributed by atoms with Crippen molar-refractivity contribution in [1.82, 2.24) is 37.2 Å². The van der Waals surface area contributed by atoms with Crippen molar-refractivity contribution in [3.8, 4) is 0 Å². The maximum atomic E-state index is 14.6. The predicted octanol–water partition coefficient (Wildman–Crippen LogP) is -9.33. The van der Waals surface area contributed by atoms with E-state index >= 15 is 0 Å². The maximum absolute atomic E-state index is 14.6. The second kappa shape index (κ2) is 46.9. The van der Waals surface area contributed by atoms with Crippen LogP contribution in [0.3, 0.4) is 0 Å². The molecule has 0 radical (unpaired) electrons. The highest BCUT2D eigenvalue weighted by Crippen LogP contribution is 2.22. The normalized spacial score (nSPS) is 17.0. The van der Waals surface area contributed by atoms with Crippen LogP contribution in [-0.4, -0.2) is 294 Å². The average molecular weight is 1430 g/mol. The molecule has 38 heteroatoms. The van der Waals surface area contributed by atoms with Gasteiger partial charge in [-0.25, -0.2) is 0 Å². The first-order chi connectivity index (χ1) is 46.0. The average Bonchev–Trinajstić information content (AvgIpc) is 0.888. The molecule has 1 aromatic carbocycles. The third kappa shape index (κ3) is 33.5. The second-order valence-corrected chi connectivity index (χ2v) is 23.9. The van der Waals surface area contributed by atoms with Gasteiger partial charge in [0.05, 0.1) is 80.8 Å². The molecule has 24 N–H and O–H groups in total. The van der Waals surface area contributed by atoms with Gasteiger partial charge in [-0.2, -0.15) is 12.6 Å². The van der Waals surface area contributed by atoms with E-state index in [4.69, 9.17) is 10.2 Å². The van der Waals surface area contributed by atoms with Crippen molar-refractivity contribution in [2.75, 3.05) is 45.2 Å². The molecule has 0 heterocycles. The number of amides is 7. The van der Waals surface area contributed by atoms with Gasteiger partial charge in [-0.3, -0.25) is 62.3 Å². The third-order valence-electron chi connectivity index (χ3n) is 15.9. The Morgan fingerprint density at radius 2 is 0.765 bits per heavy atom. The Morgan fingerprint density at radius 1 is 0.429 bits per heavy atom. The lowest BCUT2D eigenvalue weighted by Crippen LogP contribution is -2.50. The zero-order valence-corrected chi connectivity index (χ0v) is 54.6. The van der Waals surface area contributed by atoms with E-state index in [0.717, 1.165) is 0 Å². The highest BCUT2D eigenvalue weighted by atomic mass is 32.1. The van der Waals surface area contributed by atoms with Crippen LogP contribution in [0.1, 0.15) is 102 Å². The van der Waals surface area contributed by atoms with Crippen LogP contribution in [0.4, 0.5) is 0 Å². The first-order valence-corrected chi connectivity index (χ1v) is 31.8. The van der Waals surface area contributed by atoms with E-state index in [0.29, 0.717) is 17.5 Å². The molecule has 556 valence electrons. The Hall–Kier alpha value is -7.28. The quantitative estimate of drug-likeness (QED) is 0.0213. The van der Waals surface area contributed by atoms with Gasteiger partial charge >= 0.3 is 17.9 Å². The van der Waals surface area contributed by atoms with Crippen LogP contribution in [-0.2, 0) is 75.3 Å². The first kappa shape index (κ1) is 88.7. The lowest BCUT2D eigenvalue weighted by molar-refractivity contribution is -0.143. The summed E-state index contributed by atoms with van der Waals surface area (Å²) in [6.07, 6.45) is -31.3. The fourth-order valence-corrected chi connectivity index (χ4v) is 9.78. The predicted molar refractivity (Wildman–Crippen MR) is 337 cm³/mol. The lowest BCUT2D eigenvalue weighted by Gasteiger charge is -2.27. The fourth-order valence-electron chi connectivity index (χ4n) is 9.50. The molecule has 0 aliphatic rings. The number of aliphatic hydroxyl groups excluding tert-OH is 14. The highest BCUT2D eigenvalue weighted by molar-refractivity contribution is 7.80. The van der Waals surface area contributed by atoms with Gasteiger partial charge in [0, 0.05) is 101 Å². The molecule has 0 fully saturated rings. The van der Waals surface area contributed by atoms with Crippen LogP contribution >= 0.6 is 12.6 Å². The number of rotatable bonds is 54. The third-order valence-corrected chi connectivity index (χ3v) is 16.3. The molecule has 0 aliphatic carbocycles. The molecule has 0 bridgehead atoms. The molecule has 0 aromatic heterocycles. The van der Waals surface area contributed by atoms with E-state index in [1.165, 1.54) is 19.1 Å². The number of aliphatic hydroxyl groups is 14. The van der Waals surface area contributed by atoms with Gasteiger partial charge in [0.2, 0.25) is 41.9 Å². The van der Waals surface area contributed by atoms with Gasteiger partial charge in [-0.15, -0.1) is 0 Å². The van der Waals surface area contributed by atoms with E-state index in [9.17, 15) is 139 Å². The van der Waals surface area contributed by atoms with Crippen LogP contribution in [0.25, 0.3) is 0 Å². The molecule has 0 saturated heterocycles. The molecular formula is C60H95N7O30S. The largest absolute Gasteiger partial charge is 0.481 e. The monoisotopic (exact) mass is 1430 g/mol. The minimum Gasteiger partial charge on any atom is -0.481 e. The highest BCUT2D eigenvalue weighted by Gasteiger charge is 2.37. The SMILES string of the molecule is C[C@@H]([C@H](O)[C@@H](O)CNC(=O)CC[C@H](NC(=O)[C@@H](CCC(=O)O)CC(=O)[C@H](CCC(=O)NC[C@H](O)[C@@H](O)[C@H](O)[C@H](O)CO)NC(=O)[C@@H](CCC(=O)O)CC(=O)[C@H](CCC(=O)NC[C@H](O)[C@@H](O)[C@H](O)[C@H](O)CO)NC(=O)Cc1ccc(CNC=O)cc1)C(=O)C[C@H](CS)C(=O)O)[C@H](O)CO. The lowest BCUT2D eigenvalue weighted by atomic mass is 9.89. The molecule has 18 atom stereocenters. The molecule has 1 aromatic rings. The van der Waals surface area contributed by atoms with Crippen LogP contribution in [0.2, 0.25) is 0 Å². The summed E-state index contributed by atoms with van der Waals surface area (Å²) in [6.45, 7) is -3.73. The smallest absolute Gasteiger partial charge is 0.307 e.